The standard InChI is InChI=1S/C9H20N2OS/c1-5-11(3)9(12)10-7-6-8(2)13-4/h8H,5-7H2,1-4H3,(H,10,12). The Morgan fingerprint density at radius 3 is 2.69 bits per heavy atom. The molecule has 0 fully saturated rings. The average molecular weight is 204 g/mol. The first-order valence-corrected chi connectivity index (χ1v) is 5.92. The highest BCUT2D eigenvalue weighted by Gasteiger charge is 2.05. The average Bonchev–Trinajstić information content (AvgIpc) is 2.15. The van der Waals surface area contributed by atoms with Crippen LogP contribution in [0, 0.1) is 0 Å². The van der Waals surface area contributed by atoms with E-state index in [0.29, 0.717) is 5.25 Å². The maximum absolute atomic E-state index is 11.3. The van der Waals surface area contributed by atoms with Gasteiger partial charge in [-0.1, -0.05) is 6.92 Å². The zero-order valence-corrected chi connectivity index (χ0v) is 9.78. The molecule has 0 aromatic heterocycles. The van der Waals surface area contributed by atoms with Crippen molar-refractivity contribution in [3.05, 3.63) is 0 Å². The first-order chi connectivity index (χ1) is 6.11. The summed E-state index contributed by atoms with van der Waals surface area (Å²) in [5.41, 5.74) is 0. The van der Waals surface area contributed by atoms with Gasteiger partial charge in [-0.3, -0.25) is 0 Å². The number of rotatable bonds is 5. The summed E-state index contributed by atoms with van der Waals surface area (Å²) < 4.78 is 0. The number of nitrogens with zero attached hydrogens (tertiary/aromatic N) is 1. The Bertz CT molecular complexity index is 153. The summed E-state index contributed by atoms with van der Waals surface area (Å²) in [6, 6.07) is 0.0239. The van der Waals surface area contributed by atoms with Crippen molar-refractivity contribution in [1.82, 2.24) is 10.2 Å². The second kappa shape index (κ2) is 7.06. The van der Waals surface area contributed by atoms with Crippen LogP contribution in [0.3, 0.4) is 0 Å². The Morgan fingerprint density at radius 1 is 1.62 bits per heavy atom. The number of thioether (sulfide) groups is 1. The van der Waals surface area contributed by atoms with Gasteiger partial charge in [-0.2, -0.15) is 11.8 Å². The van der Waals surface area contributed by atoms with Crippen LogP contribution >= 0.6 is 11.8 Å². The maximum Gasteiger partial charge on any atom is 0.317 e. The number of nitrogens with one attached hydrogen (secondary N) is 1. The van der Waals surface area contributed by atoms with Gasteiger partial charge in [0, 0.05) is 25.4 Å². The van der Waals surface area contributed by atoms with Crippen LogP contribution in [0.1, 0.15) is 20.3 Å². The minimum atomic E-state index is 0.0239. The lowest BCUT2D eigenvalue weighted by Gasteiger charge is -2.16. The van der Waals surface area contributed by atoms with E-state index >= 15 is 0 Å². The molecular weight excluding hydrogens is 184 g/mol. The number of hydrogen-bond acceptors (Lipinski definition) is 2. The van der Waals surface area contributed by atoms with Crippen molar-refractivity contribution in [2.75, 3.05) is 26.4 Å². The molecule has 1 unspecified atom stereocenters. The third kappa shape index (κ3) is 5.80. The Balaban J connectivity index is 3.47. The Morgan fingerprint density at radius 2 is 2.23 bits per heavy atom. The molecule has 1 N–H and O–H groups in total. The molecule has 0 saturated heterocycles. The highest BCUT2D eigenvalue weighted by Crippen LogP contribution is 2.07. The highest BCUT2D eigenvalue weighted by atomic mass is 32.2. The summed E-state index contributed by atoms with van der Waals surface area (Å²) in [6.07, 6.45) is 3.12. The van der Waals surface area contributed by atoms with E-state index in [4.69, 9.17) is 0 Å². The molecule has 1 atom stereocenters. The first kappa shape index (κ1) is 12.6. The number of carbonyl (C=O) groups is 1. The van der Waals surface area contributed by atoms with Gasteiger partial charge >= 0.3 is 6.03 Å². The van der Waals surface area contributed by atoms with Crippen molar-refractivity contribution in [2.45, 2.75) is 25.5 Å². The fourth-order valence-electron chi connectivity index (χ4n) is 0.779. The van der Waals surface area contributed by atoms with E-state index in [9.17, 15) is 4.79 Å². The molecule has 0 radical (unpaired) electrons. The van der Waals surface area contributed by atoms with Crippen molar-refractivity contribution in [1.29, 1.82) is 0 Å². The summed E-state index contributed by atoms with van der Waals surface area (Å²) in [5.74, 6) is 0. The number of carbonyl (C=O) groups excluding carboxylic acids is 1. The third-order valence-corrected chi connectivity index (χ3v) is 3.09. The molecule has 13 heavy (non-hydrogen) atoms. The molecule has 0 heterocycles. The SMILES string of the molecule is CCN(C)C(=O)NCCC(C)SC. The maximum atomic E-state index is 11.3. The Kier molecular flexibility index (Phi) is 6.86. The van der Waals surface area contributed by atoms with E-state index in [-0.39, 0.29) is 6.03 Å². The largest absolute Gasteiger partial charge is 0.338 e. The molecule has 0 aliphatic carbocycles. The number of hydrogen-bond donors (Lipinski definition) is 1. The third-order valence-electron chi connectivity index (χ3n) is 2.05. The number of urea groups is 1. The van der Waals surface area contributed by atoms with E-state index in [0.717, 1.165) is 19.5 Å². The predicted octanol–water partition coefficient (Wildman–Crippen LogP) is 1.79. The van der Waals surface area contributed by atoms with Crippen molar-refractivity contribution in [3.63, 3.8) is 0 Å². The van der Waals surface area contributed by atoms with Gasteiger partial charge < -0.3 is 10.2 Å². The van der Waals surface area contributed by atoms with Crippen molar-refractivity contribution in [3.8, 4) is 0 Å². The van der Waals surface area contributed by atoms with Gasteiger partial charge in [-0.05, 0) is 19.6 Å². The van der Waals surface area contributed by atoms with Gasteiger partial charge in [0.05, 0.1) is 0 Å². The summed E-state index contributed by atoms with van der Waals surface area (Å²) in [6.45, 7) is 5.65. The van der Waals surface area contributed by atoms with Gasteiger partial charge in [-0.25, -0.2) is 4.79 Å². The lowest BCUT2D eigenvalue weighted by Crippen LogP contribution is -2.37. The molecule has 0 aromatic rings. The van der Waals surface area contributed by atoms with E-state index in [2.05, 4.69) is 18.5 Å². The van der Waals surface area contributed by atoms with Gasteiger partial charge in [0.1, 0.15) is 0 Å². The van der Waals surface area contributed by atoms with Crippen LogP contribution in [-0.2, 0) is 0 Å². The molecule has 0 saturated carbocycles. The fraction of sp³-hybridized carbons (Fsp3) is 0.889. The molecule has 4 heteroatoms. The lowest BCUT2D eigenvalue weighted by molar-refractivity contribution is 0.211. The topological polar surface area (TPSA) is 32.3 Å². The second-order valence-corrected chi connectivity index (χ2v) is 4.36. The van der Waals surface area contributed by atoms with Crippen LogP contribution in [0.15, 0.2) is 0 Å². The zero-order chi connectivity index (χ0) is 10.3. The van der Waals surface area contributed by atoms with Gasteiger partial charge in [0.2, 0.25) is 0 Å². The molecule has 0 bridgehead atoms. The normalized spacial score (nSPS) is 12.3. The smallest absolute Gasteiger partial charge is 0.317 e. The highest BCUT2D eigenvalue weighted by molar-refractivity contribution is 7.99. The van der Waals surface area contributed by atoms with E-state index in [1.54, 1.807) is 11.9 Å². The molecule has 0 aliphatic heterocycles. The minimum Gasteiger partial charge on any atom is -0.338 e. The second-order valence-electron chi connectivity index (χ2n) is 3.08. The Hall–Kier alpha value is -0.380. The van der Waals surface area contributed by atoms with Crippen LogP contribution in [0.25, 0.3) is 0 Å². The van der Waals surface area contributed by atoms with Crippen molar-refractivity contribution in [2.24, 2.45) is 0 Å². The van der Waals surface area contributed by atoms with Gasteiger partial charge in [-0.15, -0.1) is 0 Å². The summed E-state index contributed by atoms with van der Waals surface area (Å²) in [7, 11) is 1.80. The van der Waals surface area contributed by atoms with Crippen molar-refractivity contribution < 1.29 is 4.79 Å². The zero-order valence-electron chi connectivity index (χ0n) is 8.96. The van der Waals surface area contributed by atoms with Crippen LogP contribution in [0.2, 0.25) is 0 Å². The summed E-state index contributed by atoms with van der Waals surface area (Å²) in [4.78, 5) is 12.9. The lowest BCUT2D eigenvalue weighted by atomic mass is 10.3. The molecule has 2 amide bonds. The van der Waals surface area contributed by atoms with Crippen LogP contribution in [0.5, 0.6) is 0 Å². The summed E-state index contributed by atoms with van der Waals surface area (Å²) in [5, 5.41) is 3.49. The molecule has 0 spiro atoms. The van der Waals surface area contributed by atoms with Gasteiger partial charge in [0.25, 0.3) is 0 Å². The molecular formula is C9H20N2OS. The van der Waals surface area contributed by atoms with E-state index in [1.165, 1.54) is 0 Å². The van der Waals surface area contributed by atoms with Crippen LogP contribution in [-0.4, -0.2) is 42.6 Å². The van der Waals surface area contributed by atoms with Gasteiger partial charge in [0.15, 0.2) is 0 Å². The predicted molar refractivity (Wildman–Crippen MR) is 59.3 cm³/mol. The Labute approximate surface area is 85.3 Å². The van der Waals surface area contributed by atoms with E-state index < -0.39 is 0 Å². The quantitative estimate of drug-likeness (QED) is 0.740. The molecule has 3 nitrogen and oxygen atoms in total. The summed E-state index contributed by atoms with van der Waals surface area (Å²) >= 11 is 1.83. The fourth-order valence-corrected chi connectivity index (χ4v) is 1.13. The molecule has 0 aromatic carbocycles. The number of amides is 2. The van der Waals surface area contributed by atoms with E-state index in [1.807, 2.05) is 18.7 Å². The molecule has 0 rings (SSSR count). The minimum absolute atomic E-state index is 0.0239. The molecule has 78 valence electrons. The van der Waals surface area contributed by atoms with Crippen LogP contribution < -0.4 is 5.32 Å². The molecule has 0 aliphatic rings. The van der Waals surface area contributed by atoms with Crippen molar-refractivity contribution >= 4 is 17.8 Å². The van der Waals surface area contributed by atoms with Crippen LogP contribution in [0.4, 0.5) is 4.79 Å². The first-order valence-electron chi connectivity index (χ1n) is 4.63. The monoisotopic (exact) mass is 204 g/mol.